The fourth-order valence-corrected chi connectivity index (χ4v) is 1.90. The fraction of sp³-hybridized carbons (Fsp3) is 0.250. The van der Waals surface area contributed by atoms with Gasteiger partial charge < -0.3 is 4.74 Å². The van der Waals surface area contributed by atoms with Crippen LogP contribution in [-0.2, 0) is 6.42 Å². The van der Waals surface area contributed by atoms with Crippen molar-refractivity contribution in [3.05, 3.63) is 59.4 Å². The number of carbonyl (C=O) groups is 1. The molecule has 98 valence electrons. The van der Waals surface area contributed by atoms with E-state index in [0.717, 1.165) is 11.1 Å². The molecular formula is C16H17NO2. The summed E-state index contributed by atoms with van der Waals surface area (Å²) >= 11 is 0. The van der Waals surface area contributed by atoms with E-state index < -0.39 is 0 Å². The average Bonchev–Trinajstić information content (AvgIpc) is 2.42. The summed E-state index contributed by atoms with van der Waals surface area (Å²) in [7, 11) is 0. The molecule has 0 N–H and O–H groups in total. The Morgan fingerprint density at radius 1 is 1.26 bits per heavy atom. The van der Waals surface area contributed by atoms with Crippen LogP contribution in [0.5, 0.6) is 5.75 Å². The van der Waals surface area contributed by atoms with Crippen molar-refractivity contribution >= 4 is 5.78 Å². The Balaban J connectivity index is 2.16. The van der Waals surface area contributed by atoms with Crippen LogP contribution >= 0.6 is 0 Å². The molecule has 0 atom stereocenters. The van der Waals surface area contributed by atoms with Crippen molar-refractivity contribution in [2.45, 2.75) is 20.3 Å². The normalized spacial score (nSPS) is 10.2. The molecule has 2 aromatic rings. The minimum absolute atomic E-state index is 0.0587. The highest BCUT2D eigenvalue weighted by molar-refractivity contribution is 5.97. The number of Topliss-reactive ketones (excluding diaryl/α,β-unsaturated/α-hetero) is 1. The molecule has 0 spiro atoms. The summed E-state index contributed by atoms with van der Waals surface area (Å²) in [4.78, 5) is 16.3. The van der Waals surface area contributed by atoms with Gasteiger partial charge in [-0.2, -0.15) is 0 Å². The van der Waals surface area contributed by atoms with Crippen molar-refractivity contribution in [2.24, 2.45) is 0 Å². The molecule has 3 nitrogen and oxygen atoms in total. The first-order valence-electron chi connectivity index (χ1n) is 6.36. The zero-order chi connectivity index (χ0) is 13.7. The van der Waals surface area contributed by atoms with Crippen LogP contribution in [0.25, 0.3) is 0 Å². The van der Waals surface area contributed by atoms with E-state index in [1.54, 1.807) is 18.5 Å². The Hall–Kier alpha value is -2.16. The van der Waals surface area contributed by atoms with Gasteiger partial charge in [0.05, 0.1) is 12.8 Å². The number of rotatable bonds is 5. The first-order valence-corrected chi connectivity index (χ1v) is 6.36. The molecule has 2 rings (SSSR count). The van der Waals surface area contributed by atoms with Crippen molar-refractivity contribution in [2.75, 3.05) is 6.61 Å². The predicted molar refractivity (Wildman–Crippen MR) is 74.6 cm³/mol. The van der Waals surface area contributed by atoms with Gasteiger partial charge in [0.2, 0.25) is 0 Å². The zero-order valence-corrected chi connectivity index (χ0v) is 11.2. The Morgan fingerprint density at radius 3 is 2.79 bits per heavy atom. The van der Waals surface area contributed by atoms with Gasteiger partial charge in [-0.25, -0.2) is 0 Å². The second-order valence-electron chi connectivity index (χ2n) is 4.37. The molecule has 1 aromatic heterocycles. The second kappa shape index (κ2) is 6.14. The summed E-state index contributed by atoms with van der Waals surface area (Å²) in [6, 6.07) is 9.66. The number of ketones is 1. The van der Waals surface area contributed by atoms with E-state index >= 15 is 0 Å². The van der Waals surface area contributed by atoms with Gasteiger partial charge in [0.15, 0.2) is 5.78 Å². The van der Waals surface area contributed by atoms with Crippen LogP contribution in [0.4, 0.5) is 0 Å². The lowest BCUT2D eigenvalue weighted by molar-refractivity contribution is 0.0992. The number of aryl methyl sites for hydroxylation is 1. The van der Waals surface area contributed by atoms with Gasteiger partial charge in [-0.15, -0.1) is 0 Å². The quantitative estimate of drug-likeness (QED) is 0.770. The molecule has 0 fully saturated rings. The summed E-state index contributed by atoms with van der Waals surface area (Å²) < 4.78 is 5.36. The Kier molecular flexibility index (Phi) is 4.29. The van der Waals surface area contributed by atoms with Gasteiger partial charge in [-0.3, -0.25) is 9.78 Å². The molecular weight excluding hydrogens is 238 g/mol. The highest BCUT2D eigenvalue weighted by Gasteiger charge is 2.10. The van der Waals surface area contributed by atoms with Crippen molar-refractivity contribution in [3.8, 4) is 5.75 Å². The van der Waals surface area contributed by atoms with Crippen LogP contribution in [-0.4, -0.2) is 17.4 Å². The van der Waals surface area contributed by atoms with Gasteiger partial charge in [-0.1, -0.05) is 24.3 Å². The second-order valence-corrected chi connectivity index (χ2v) is 4.37. The van der Waals surface area contributed by atoms with Crippen LogP contribution in [0, 0.1) is 6.92 Å². The Bertz CT molecular complexity index is 578. The maximum Gasteiger partial charge on any atom is 0.168 e. The fourth-order valence-electron chi connectivity index (χ4n) is 1.90. The van der Waals surface area contributed by atoms with Crippen LogP contribution in [0.15, 0.2) is 42.7 Å². The SMILES string of the molecule is CCOc1cncc(C(=O)Cc2ccccc2C)c1. The van der Waals surface area contributed by atoms with Crippen molar-refractivity contribution in [1.29, 1.82) is 0 Å². The molecule has 1 aromatic carbocycles. The molecule has 0 saturated carbocycles. The van der Waals surface area contributed by atoms with Gasteiger partial charge in [-0.05, 0) is 31.0 Å². The molecule has 19 heavy (non-hydrogen) atoms. The summed E-state index contributed by atoms with van der Waals surface area (Å²) in [6.45, 7) is 4.48. The molecule has 3 heteroatoms. The Morgan fingerprint density at radius 2 is 2.05 bits per heavy atom. The number of nitrogens with zero attached hydrogens (tertiary/aromatic N) is 1. The van der Waals surface area contributed by atoms with E-state index in [1.807, 2.05) is 38.1 Å². The molecule has 0 amide bonds. The number of benzene rings is 1. The third kappa shape index (κ3) is 3.41. The number of carbonyl (C=O) groups excluding carboxylic acids is 1. The predicted octanol–water partition coefficient (Wildman–Crippen LogP) is 3.21. The lowest BCUT2D eigenvalue weighted by atomic mass is 10.0. The summed E-state index contributed by atoms with van der Waals surface area (Å²) in [5, 5.41) is 0. The van der Waals surface area contributed by atoms with E-state index in [4.69, 9.17) is 4.74 Å². The number of aromatic nitrogens is 1. The van der Waals surface area contributed by atoms with E-state index in [-0.39, 0.29) is 5.78 Å². The number of hydrogen-bond acceptors (Lipinski definition) is 3. The van der Waals surface area contributed by atoms with Gasteiger partial charge in [0.1, 0.15) is 5.75 Å². The summed E-state index contributed by atoms with van der Waals surface area (Å²) in [5.74, 6) is 0.696. The maximum absolute atomic E-state index is 12.2. The van der Waals surface area contributed by atoms with E-state index in [0.29, 0.717) is 24.3 Å². The highest BCUT2D eigenvalue weighted by Crippen LogP contribution is 2.15. The van der Waals surface area contributed by atoms with Crippen LogP contribution in [0.2, 0.25) is 0 Å². The van der Waals surface area contributed by atoms with Crippen molar-refractivity contribution in [3.63, 3.8) is 0 Å². The largest absolute Gasteiger partial charge is 0.492 e. The van der Waals surface area contributed by atoms with E-state index in [1.165, 1.54) is 0 Å². The maximum atomic E-state index is 12.2. The molecule has 1 heterocycles. The molecule has 0 unspecified atom stereocenters. The number of hydrogen-bond donors (Lipinski definition) is 0. The van der Waals surface area contributed by atoms with Crippen LogP contribution in [0.1, 0.15) is 28.4 Å². The van der Waals surface area contributed by atoms with Gasteiger partial charge in [0.25, 0.3) is 0 Å². The topological polar surface area (TPSA) is 39.2 Å². The molecule has 0 saturated heterocycles. The molecule has 0 radical (unpaired) electrons. The highest BCUT2D eigenvalue weighted by atomic mass is 16.5. The summed E-state index contributed by atoms with van der Waals surface area (Å²) in [6.07, 6.45) is 3.60. The standard InChI is InChI=1S/C16H17NO2/c1-3-19-15-8-14(10-17-11-15)16(18)9-13-7-5-4-6-12(13)2/h4-8,10-11H,3,9H2,1-2H3. The minimum atomic E-state index is 0.0587. The molecule has 0 bridgehead atoms. The summed E-state index contributed by atoms with van der Waals surface area (Å²) in [5.41, 5.74) is 2.77. The molecule has 0 aliphatic rings. The third-order valence-electron chi connectivity index (χ3n) is 2.96. The smallest absolute Gasteiger partial charge is 0.168 e. The lowest BCUT2D eigenvalue weighted by Crippen LogP contribution is -2.06. The monoisotopic (exact) mass is 255 g/mol. The van der Waals surface area contributed by atoms with Crippen LogP contribution < -0.4 is 4.74 Å². The number of pyridine rings is 1. The zero-order valence-electron chi connectivity index (χ0n) is 11.2. The van der Waals surface area contributed by atoms with Crippen LogP contribution in [0.3, 0.4) is 0 Å². The van der Waals surface area contributed by atoms with E-state index in [2.05, 4.69) is 4.98 Å². The number of ether oxygens (including phenoxy) is 1. The van der Waals surface area contributed by atoms with Gasteiger partial charge >= 0.3 is 0 Å². The van der Waals surface area contributed by atoms with E-state index in [9.17, 15) is 4.79 Å². The van der Waals surface area contributed by atoms with Crippen molar-refractivity contribution in [1.82, 2.24) is 4.98 Å². The van der Waals surface area contributed by atoms with Gasteiger partial charge in [0, 0.05) is 18.2 Å². The average molecular weight is 255 g/mol. The first-order chi connectivity index (χ1) is 9.20. The third-order valence-corrected chi connectivity index (χ3v) is 2.96. The Labute approximate surface area is 113 Å². The molecule has 0 aliphatic heterocycles. The lowest BCUT2D eigenvalue weighted by Gasteiger charge is -2.06. The van der Waals surface area contributed by atoms with Crippen molar-refractivity contribution < 1.29 is 9.53 Å². The molecule has 0 aliphatic carbocycles. The first kappa shape index (κ1) is 13.3. The minimum Gasteiger partial charge on any atom is -0.492 e.